The van der Waals surface area contributed by atoms with Crippen LogP contribution < -0.4 is 0 Å². The van der Waals surface area contributed by atoms with Crippen molar-refractivity contribution < 1.29 is 9.53 Å². The van der Waals surface area contributed by atoms with Crippen molar-refractivity contribution in [2.45, 2.75) is 183 Å². The number of fused-ring (bicyclic) bond motifs is 4. The monoisotopic (exact) mass is 647 g/mol. The normalized spacial score (nSPS) is 33.5. The molecule has 3 saturated carbocycles. The van der Waals surface area contributed by atoms with Crippen molar-refractivity contribution in [1.29, 1.82) is 0 Å². The first-order chi connectivity index (χ1) is 22.5. The van der Waals surface area contributed by atoms with Crippen molar-refractivity contribution in [3.05, 3.63) is 47.6 Å². The summed E-state index contributed by atoms with van der Waals surface area (Å²) < 4.78 is 6.25. The van der Waals surface area contributed by atoms with Crippen molar-refractivity contribution >= 4 is 5.97 Å². The summed E-state index contributed by atoms with van der Waals surface area (Å²) in [6.45, 7) is 21.3. The van der Waals surface area contributed by atoms with Crippen LogP contribution in [-0.2, 0) is 9.53 Å². The molecule has 0 aromatic rings. The van der Waals surface area contributed by atoms with Gasteiger partial charge < -0.3 is 4.74 Å². The maximum Gasteiger partial charge on any atom is 0.306 e. The summed E-state index contributed by atoms with van der Waals surface area (Å²) in [5.74, 6) is 4.22. The van der Waals surface area contributed by atoms with Gasteiger partial charge in [0, 0.05) is 6.42 Å². The average Bonchev–Trinajstić information content (AvgIpc) is 3.40. The number of carbonyl (C=O) groups excluding carboxylic acids is 1. The molecule has 47 heavy (non-hydrogen) atoms. The van der Waals surface area contributed by atoms with Crippen molar-refractivity contribution in [1.82, 2.24) is 0 Å². The molecule has 4 aliphatic rings. The Kier molecular flexibility index (Phi) is 14.6. The van der Waals surface area contributed by atoms with E-state index in [9.17, 15) is 4.79 Å². The van der Waals surface area contributed by atoms with Gasteiger partial charge in [0.1, 0.15) is 6.10 Å². The maximum atomic E-state index is 12.9. The third-order valence-electron chi connectivity index (χ3n) is 14.2. The van der Waals surface area contributed by atoms with Crippen LogP contribution >= 0.6 is 0 Å². The number of rotatable bonds is 18. The molecule has 0 radical (unpaired) electrons. The topological polar surface area (TPSA) is 26.3 Å². The smallest absolute Gasteiger partial charge is 0.306 e. The second kappa shape index (κ2) is 17.9. The van der Waals surface area contributed by atoms with Gasteiger partial charge in [-0.15, -0.1) is 0 Å². The molecule has 0 amide bonds. The first-order valence-corrected chi connectivity index (χ1v) is 20.4. The first-order valence-electron chi connectivity index (χ1n) is 20.4. The van der Waals surface area contributed by atoms with Gasteiger partial charge in [0.05, 0.1) is 0 Å². The minimum atomic E-state index is 0.0519. The van der Waals surface area contributed by atoms with Crippen LogP contribution in [0.5, 0.6) is 0 Å². The molecule has 2 nitrogen and oxygen atoms in total. The largest absolute Gasteiger partial charge is 0.462 e. The van der Waals surface area contributed by atoms with Crippen molar-refractivity contribution in [3.8, 4) is 0 Å². The van der Waals surface area contributed by atoms with E-state index in [1.165, 1.54) is 95.5 Å². The lowest BCUT2D eigenvalue weighted by Crippen LogP contribution is -2.52. The summed E-state index contributed by atoms with van der Waals surface area (Å²) in [4.78, 5) is 12.9. The van der Waals surface area contributed by atoms with E-state index in [1.54, 1.807) is 0 Å². The highest BCUT2D eigenvalue weighted by Crippen LogP contribution is 2.66. The highest BCUT2D eigenvalue weighted by molar-refractivity contribution is 5.69. The molecular formula is C45H74O2. The van der Waals surface area contributed by atoms with E-state index in [2.05, 4.69) is 79.3 Å². The first kappa shape index (κ1) is 38.2. The molecule has 0 aliphatic heterocycles. The van der Waals surface area contributed by atoms with Gasteiger partial charge in [0.25, 0.3) is 0 Å². The van der Waals surface area contributed by atoms with E-state index in [1.807, 2.05) is 11.1 Å². The Morgan fingerprint density at radius 3 is 2.36 bits per heavy atom. The number of hydrogen-bond donors (Lipinski definition) is 0. The standard InChI is InChI=1S/C45H74O2/c1-9-10-11-12-13-14-15-16-17-18-19-20-21-22-43(46)47-42-30-32-45(8)39(36(42)6)26-25-37-40-28-27-38(44(40,7)31-29-41(37)45)35(5)24-23-34(4)33(2)3/h12-13,15-16,34-36,38-39,41-42H,2,9-11,14,17-32H2,1,3-8H3/b13-12-,16-15-/t34-,35+,36-,38+,39-,41-,42-,44+,45-/m0/s1. The molecule has 4 aliphatic carbocycles. The van der Waals surface area contributed by atoms with Gasteiger partial charge >= 0.3 is 5.97 Å². The lowest BCUT2D eigenvalue weighted by molar-refractivity contribution is -0.162. The third kappa shape index (κ3) is 9.36. The molecule has 0 unspecified atom stereocenters. The predicted molar refractivity (Wildman–Crippen MR) is 202 cm³/mol. The van der Waals surface area contributed by atoms with Gasteiger partial charge in [-0.1, -0.05) is 115 Å². The molecular weight excluding hydrogens is 572 g/mol. The Morgan fingerprint density at radius 1 is 0.915 bits per heavy atom. The van der Waals surface area contributed by atoms with Crippen LogP contribution in [0.4, 0.5) is 0 Å². The summed E-state index contributed by atoms with van der Waals surface area (Å²) in [5.41, 5.74) is 5.91. The van der Waals surface area contributed by atoms with E-state index < -0.39 is 0 Å². The van der Waals surface area contributed by atoms with Crippen LogP contribution in [0.15, 0.2) is 47.6 Å². The van der Waals surface area contributed by atoms with E-state index in [-0.39, 0.29) is 12.1 Å². The summed E-state index contributed by atoms with van der Waals surface area (Å²) >= 11 is 0. The molecule has 2 heteroatoms. The van der Waals surface area contributed by atoms with Crippen molar-refractivity contribution in [2.24, 2.45) is 46.3 Å². The molecule has 9 atom stereocenters. The van der Waals surface area contributed by atoms with Gasteiger partial charge in [-0.05, 0) is 150 Å². The van der Waals surface area contributed by atoms with Crippen molar-refractivity contribution in [2.75, 3.05) is 0 Å². The van der Waals surface area contributed by atoms with Gasteiger partial charge in [-0.3, -0.25) is 4.79 Å². The number of hydrogen-bond acceptors (Lipinski definition) is 2. The minimum absolute atomic E-state index is 0.0519. The van der Waals surface area contributed by atoms with E-state index in [0.29, 0.717) is 35.0 Å². The second-order valence-electron chi connectivity index (χ2n) is 17.3. The molecule has 4 rings (SSSR count). The van der Waals surface area contributed by atoms with Gasteiger partial charge in [0.2, 0.25) is 0 Å². The quantitative estimate of drug-likeness (QED) is 0.0841. The fourth-order valence-electron chi connectivity index (χ4n) is 11.0. The van der Waals surface area contributed by atoms with Crippen molar-refractivity contribution in [3.63, 3.8) is 0 Å². The maximum absolute atomic E-state index is 12.9. The Hall–Kier alpha value is -1.57. The Bertz CT molecular complexity index is 1110. The zero-order valence-electron chi connectivity index (χ0n) is 32.0. The molecule has 266 valence electrons. The van der Waals surface area contributed by atoms with E-state index in [4.69, 9.17) is 4.74 Å². The number of esters is 1. The van der Waals surface area contributed by atoms with Gasteiger partial charge in [-0.2, -0.15) is 0 Å². The van der Waals surface area contributed by atoms with E-state index in [0.717, 1.165) is 49.9 Å². The zero-order chi connectivity index (χ0) is 34.0. The number of allylic oxidation sites excluding steroid dienone is 7. The number of ether oxygens (including phenoxy) is 1. The van der Waals surface area contributed by atoms with Crippen LogP contribution in [0.2, 0.25) is 0 Å². The summed E-state index contributed by atoms with van der Waals surface area (Å²) in [6, 6.07) is 0. The predicted octanol–water partition coefficient (Wildman–Crippen LogP) is 13.5. The molecule has 3 fully saturated rings. The van der Waals surface area contributed by atoms with Crippen LogP contribution in [-0.4, -0.2) is 12.1 Å². The highest BCUT2D eigenvalue weighted by atomic mass is 16.5. The summed E-state index contributed by atoms with van der Waals surface area (Å²) in [5, 5.41) is 0. The summed E-state index contributed by atoms with van der Waals surface area (Å²) in [7, 11) is 0. The SMILES string of the molecule is C=C(C)[C@@H](C)CC[C@@H](C)[C@H]1CCC2=C3CC[C@H]4[C@H](C)[C@@H](OC(=O)CCCCCC/C=C\C/C=C\CCCC)CC[C@]4(C)[C@H]3CC[C@@]21C. The molecule has 0 aromatic carbocycles. The van der Waals surface area contributed by atoms with Gasteiger partial charge in [0.15, 0.2) is 0 Å². The zero-order valence-corrected chi connectivity index (χ0v) is 32.0. The molecule has 0 N–H and O–H groups in total. The molecule has 0 spiro atoms. The second-order valence-corrected chi connectivity index (χ2v) is 17.3. The minimum Gasteiger partial charge on any atom is -0.462 e. The average molecular weight is 647 g/mol. The highest BCUT2D eigenvalue weighted by Gasteiger charge is 2.57. The third-order valence-corrected chi connectivity index (χ3v) is 14.2. The summed E-state index contributed by atoms with van der Waals surface area (Å²) in [6.07, 6.45) is 33.4. The van der Waals surface area contributed by atoms with Crippen LogP contribution in [0.1, 0.15) is 177 Å². The molecule has 0 heterocycles. The van der Waals surface area contributed by atoms with E-state index >= 15 is 0 Å². The van der Waals surface area contributed by atoms with Crippen LogP contribution in [0.3, 0.4) is 0 Å². The fraction of sp³-hybridized carbons (Fsp3) is 0.800. The molecule has 0 saturated heterocycles. The Labute approximate surface area is 291 Å². The molecule has 0 aromatic heterocycles. The van der Waals surface area contributed by atoms with Crippen LogP contribution in [0.25, 0.3) is 0 Å². The number of carbonyl (C=O) groups is 1. The lowest BCUT2D eigenvalue weighted by atomic mass is 9.47. The van der Waals surface area contributed by atoms with Crippen LogP contribution in [0, 0.1) is 46.3 Å². The lowest BCUT2D eigenvalue weighted by Gasteiger charge is -2.58. The fourth-order valence-corrected chi connectivity index (χ4v) is 11.0. The Morgan fingerprint density at radius 2 is 1.64 bits per heavy atom. The Balaban J connectivity index is 1.22. The van der Waals surface area contributed by atoms with Gasteiger partial charge in [-0.25, -0.2) is 0 Å². The molecule has 0 bridgehead atoms. The number of unbranched alkanes of at least 4 members (excludes halogenated alkanes) is 6.